The molecule has 0 aliphatic heterocycles. The summed E-state index contributed by atoms with van der Waals surface area (Å²) < 4.78 is 5.47. The van der Waals surface area contributed by atoms with Gasteiger partial charge in [-0.25, -0.2) is 0 Å². The van der Waals surface area contributed by atoms with E-state index in [2.05, 4.69) is 0 Å². The van der Waals surface area contributed by atoms with Gasteiger partial charge in [0.15, 0.2) is 0 Å². The lowest BCUT2D eigenvalue weighted by Crippen LogP contribution is -1.71. The third kappa shape index (κ3) is 2.31. The van der Waals surface area contributed by atoms with Gasteiger partial charge in [-0.05, 0) is 43.3 Å². The van der Waals surface area contributed by atoms with Crippen LogP contribution in [-0.4, -0.2) is 0 Å². The van der Waals surface area contributed by atoms with Gasteiger partial charge in [-0.1, -0.05) is 11.6 Å². The fraction of sp³-hybridized carbons (Fsp3) is 0.0909. The van der Waals surface area contributed by atoms with Crippen molar-refractivity contribution in [1.82, 2.24) is 0 Å². The largest absolute Gasteiger partial charge is 0.461 e. The van der Waals surface area contributed by atoms with Crippen LogP contribution in [0.3, 0.4) is 0 Å². The maximum atomic E-state index is 5.77. The molecule has 0 bridgehead atoms. The molecule has 0 amide bonds. The molecule has 1 heterocycles. The monoisotopic (exact) mass is 228 g/mol. The fourth-order valence-corrected chi connectivity index (χ4v) is 1.33. The average molecular weight is 229 g/mol. The molecule has 1 nitrogen and oxygen atoms in total. The van der Waals surface area contributed by atoms with Crippen molar-refractivity contribution in [2.45, 2.75) is 6.92 Å². The Morgan fingerprint density at radius 3 is 2.14 bits per heavy atom. The lowest BCUT2D eigenvalue weighted by molar-refractivity contribution is 0.548. The number of benzene rings is 1. The molecule has 0 saturated heterocycles. The number of rotatable bonds is 1. The van der Waals surface area contributed by atoms with Gasteiger partial charge in [0.1, 0.15) is 11.5 Å². The zero-order chi connectivity index (χ0) is 9.26. The molecule has 2 rings (SSSR count). The first-order valence-corrected chi connectivity index (χ1v) is 4.46. The molecule has 0 spiro atoms. The Morgan fingerprint density at radius 1 is 1.00 bits per heavy atom. The Morgan fingerprint density at radius 2 is 1.64 bits per heavy atom. The summed E-state index contributed by atoms with van der Waals surface area (Å²) in [6.45, 7) is 1.93. The first-order valence-electron chi connectivity index (χ1n) is 4.08. The van der Waals surface area contributed by atoms with Crippen LogP contribution in [0.25, 0.3) is 11.3 Å². The number of hydrogen-bond donors (Lipinski definition) is 0. The Balaban J connectivity index is 0.000000980. The average Bonchev–Trinajstić information content (AvgIpc) is 2.53. The zero-order valence-corrected chi connectivity index (χ0v) is 9.23. The summed E-state index contributed by atoms with van der Waals surface area (Å²) in [4.78, 5) is 0. The maximum absolute atomic E-state index is 5.77. The minimum Gasteiger partial charge on any atom is -0.461 e. The molecule has 74 valence electrons. The van der Waals surface area contributed by atoms with E-state index < -0.39 is 0 Å². The Bertz CT molecular complexity index is 403. The quantitative estimate of drug-likeness (QED) is 0.709. The molecule has 0 atom stereocenters. The second kappa shape index (κ2) is 4.54. The number of furan rings is 1. The molecule has 14 heavy (non-hydrogen) atoms. The molecule has 1 aromatic heterocycles. The van der Waals surface area contributed by atoms with Crippen molar-refractivity contribution in [3.8, 4) is 11.3 Å². The van der Waals surface area contributed by atoms with Gasteiger partial charge in [-0.15, -0.1) is 12.4 Å². The normalized spacial score (nSPS) is 9.57. The summed E-state index contributed by atoms with van der Waals surface area (Å²) in [6.07, 6.45) is 0. The van der Waals surface area contributed by atoms with Crippen molar-refractivity contribution < 1.29 is 4.42 Å². The maximum Gasteiger partial charge on any atom is 0.134 e. The van der Waals surface area contributed by atoms with E-state index in [0.717, 1.165) is 22.1 Å². The van der Waals surface area contributed by atoms with E-state index in [1.807, 2.05) is 43.3 Å². The first kappa shape index (κ1) is 11.2. The Hall–Kier alpha value is -0.920. The van der Waals surface area contributed by atoms with E-state index >= 15 is 0 Å². The van der Waals surface area contributed by atoms with E-state index in [4.69, 9.17) is 16.0 Å². The molecular weight excluding hydrogens is 219 g/mol. The zero-order valence-electron chi connectivity index (χ0n) is 7.66. The van der Waals surface area contributed by atoms with E-state index in [-0.39, 0.29) is 12.4 Å². The second-order valence-electron chi connectivity index (χ2n) is 2.92. The van der Waals surface area contributed by atoms with Crippen molar-refractivity contribution in [2.75, 3.05) is 0 Å². The standard InChI is InChI=1S/C11H9ClO.ClH/c1-8-2-7-11(13-8)9-3-5-10(12)6-4-9;/h2-7H,1H3;1H. The summed E-state index contributed by atoms with van der Waals surface area (Å²) in [7, 11) is 0. The molecule has 0 fully saturated rings. The predicted octanol–water partition coefficient (Wildman–Crippen LogP) is 4.33. The lowest BCUT2D eigenvalue weighted by atomic mass is 10.2. The van der Waals surface area contributed by atoms with E-state index in [0.29, 0.717) is 0 Å². The van der Waals surface area contributed by atoms with Gasteiger partial charge < -0.3 is 4.42 Å². The molecule has 0 aliphatic carbocycles. The van der Waals surface area contributed by atoms with Crippen LogP contribution in [0.15, 0.2) is 40.8 Å². The first-order chi connectivity index (χ1) is 6.25. The van der Waals surface area contributed by atoms with Crippen LogP contribution < -0.4 is 0 Å². The van der Waals surface area contributed by atoms with Crippen LogP contribution >= 0.6 is 24.0 Å². The Kier molecular flexibility index (Phi) is 3.62. The number of halogens is 2. The number of aryl methyl sites for hydroxylation is 1. The van der Waals surface area contributed by atoms with Crippen LogP contribution in [-0.2, 0) is 0 Å². The van der Waals surface area contributed by atoms with Crippen molar-refractivity contribution in [3.63, 3.8) is 0 Å². The van der Waals surface area contributed by atoms with Crippen LogP contribution in [0.2, 0.25) is 5.02 Å². The minimum atomic E-state index is 0. The van der Waals surface area contributed by atoms with Crippen LogP contribution in [0.4, 0.5) is 0 Å². The predicted molar refractivity (Wildman–Crippen MR) is 61.1 cm³/mol. The molecule has 2 aromatic rings. The summed E-state index contributed by atoms with van der Waals surface area (Å²) in [5, 5.41) is 0.743. The van der Waals surface area contributed by atoms with Crippen molar-refractivity contribution in [3.05, 3.63) is 47.2 Å². The third-order valence-corrected chi connectivity index (χ3v) is 2.12. The van der Waals surface area contributed by atoms with Gasteiger partial charge in [0, 0.05) is 10.6 Å². The molecular formula is C11H10Cl2O. The molecule has 3 heteroatoms. The second-order valence-corrected chi connectivity index (χ2v) is 3.35. The highest BCUT2D eigenvalue weighted by atomic mass is 35.5. The molecule has 0 saturated carbocycles. The molecule has 0 aliphatic rings. The molecule has 0 radical (unpaired) electrons. The van der Waals surface area contributed by atoms with Gasteiger partial charge in [-0.2, -0.15) is 0 Å². The molecule has 0 N–H and O–H groups in total. The van der Waals surface area contributed by atoms with E-state index in [9.17, 15) is 0 Å². The van der Waals surface area contributed by atoms with E-state index in [1.54, 1.807) is 0 Å². The summed E-state index contributed by atoms with van der Waals surface area (Å²) >= 11 is 5.77. The van der Waals surface area contributed by atoms with Gasteiger partial charge in [0.2, 0.25) is 0 Å². The summed E-state index contributed by atoms with van der Waals surface area (Å²) in [5.74, 6) is 1.80. The van der Waals surface area contributed by atoms with Crippen molar-refractivity contribution in [2.24, 2.45) is 0 Å². The lowest BCUT2D eigenvalue weighted by Gasteiger charge is -1.95. The Labute approximate surface area is 94.1 Å². The van der Waals surface area contributed by atoms with E-state index in [1.165, 1.54) is 0 Å². The highest BCUT2D eigenvalue weighted by Gasteiger charge is 2.00. The van der Waals surface area contributed by atoms with Gasteiger partial charge in [0.05, 0.1) is 0 Å². The summed E-state index contributed by atoms with van der Waals surface area (Å²) in [5.41, 5.74) is 1.05. The highest BCUT2D eigenvalue weighted by Crippen LogP contribution is 2.23. The van der Waals surface area contributed by atoms with Gasteiger partial charge >= 0.3 is 0 Å². The SMILES string of the molecule is Cc1ccc(-c2ccc(Cl)cc2)o1.Cl. The van der Waals surface area contributed by atoms with Crippen LogP contribution in [0, 0.1) is 6.92 Å². The van der Waals surface area contributed by atoms with Crippen LogP contribution in [0.1, 0.15) is 5.76 Å². The van der Waals surface area contributed by atoms with Crippen LogP contribution in [0.5, 0.6) is 0 Å². The van der Waals surface area contributed by atoms with Gasteiger partial charge in [0.25, 0.3) is 0 Å². The smallest absolute Gasteiger partial charge is 0.134 e. The third-order valence-electron chi connectivity index (χ3n) is 1.87. The number of hydrogen-bond acceptors (Lipinski definition) is 1. The highest BCUT2D eigenvalue weighted by molar-refractivity contribution is 6.30. The van der Waals surface area contributed by atoms with Crippen molar-refractivity contribution in [1.29, 1.82) is 0 Å². The summed E-state index contributed by atoms with van der Waals surface area (Å²) in [6, 6.07) is 11.5. The van der Waals surface area contributed by atoms with Crippen molar-refractivity contribution >= 4 is 24.0 Å². The molecule has 0 unspecified atom stereocenters. The van der Waals surface area contributed by atoms with Gasteiger partial charge in [-0.3, -0.25) is 0 Å². The molecule has 1 aromatic carbocycles. The fourth-order valence-electron chi connectivity index (χ4n) is 1.20. The topological polar surface area (TPSA) is 13.1 Å². The minimum absolute atomic E-state index is 0.